The number of nitro benzene ring substituents is 1. The number of nitrogens with zero attached hydrogens (tertiary/aromatic N) is 4. The van der Waals surface area contributed by atoms with E-state index in [0.717, 1.165) is 17.8 Å². The van der Waals surface area contributed by atoms with Crippen molar-refractivity contribution >= 4 is 11.4 Å². The average Bonchev–Trinajstić information content (AvgIpc) is 2.95. The molecule has 1 unspecified atom stereocenters. The fourth-order valence-electron chi connectivity index (χ4n) is 2.74. The van der Waals surface area contributed by atoms with Crippen LogP contribution in [0.2, 0.25) is 0 Å². The normalized spacial score (nSPS) is 21.8. The molecule has 7 heteroatoms. The second kappa shape index (κ2) is 5.42. The highest BCUT2D eigenvalue weighted by Gasteiger charge is 2.35. The van der Waals surface area contributed by atoms with Crippen molar-refractivity contribution < 1.29 is 9.66 Å². The molecule has 7 nitrogen and oxygen atoms in total. The van der Waals surface area contributed by atoms with Crippen LogP contribution in [0.1, 0.15) is 12.5 Å². The minimum atomic E-state index is -0.436. The molecule has 116 valence electrons. The fourth-order valence-corrected chi connectivity index (χ4v) is 2.74. The first-order valence-corrected chi connectivity index (χ1v) is 7.10. The molecule has 3 rings (SSSR count). The van der Waals surface area contributed by atoms with Crippen LogP contribution in [0.25, 0.3) is 0 Å². The number of anilines is 1. The van der Waals surface area contributed by atoms with Gasteiger partial charge in [-0.2, -0.15) is 5.10 Å². The van der Waals surface area contributed by atoms with E-state index in [2.05, 4.69) is 10.00 Å². The number of nitro groups is 1. The third kappa shape index (κ3) is 2.67. The number of hydrogen-bond donors (Lipinski definition) is 0. The first kappa shape index (κ1) is 14.5. The second-order valence-electron chi connectivity index (χ2n) is 5.68. The molecule has 0 amide bonds. The molecule has 22 heavy (non-hydrogen) atoms. The van der Waals surface area contributed by atoms with Gasteiger partial charge in [0.1, 0.15) is 5.60 Å². The molecule has 0 N–H and O–H groups in total. The molecule has 1 aliphatic heterocycles. The van der Waals surface area contributed by atoms with E-state index in [0.29, 0.717) is 13.2 Å². The molecule has 2 heterocycles. The number of benzene rings is 1. The summed E-state index contributed by atoms with van der Waals surface area (Å²) in [5.41, 5.74) is 1.66. The first-order valence-electron chi connectivity index (χ1n) is 7.10. The lowest BCUT2D eigenvalue weighted by Gasteiger charge is -2.41. The summed E-state index contributed by atoms with van der Waals surface area (Å²) in [4.78, 5) is 12.5. The van der Waals surface area contributed by atoms with Crippen LogP contribution >= 0.6 is 0 Å². The van der Waals surface area contributed by atoms with Gasteiger partial charge in [0.2, 0.25) is 0 Å². The van der Waals surface area contributed by atoms with Crippen molar-refractivity contribution in [3.05, 3.63) is 52.3 Å². The SMILES string of the molecule is Cn1cc(C2(C)CN(c3ccc([N+](=O)[O-])cc3)CCO2)cn1. The van der Waals surface area contributed by atoms with Crippen LogP contribution in [0.15, 0.2) is 36.7 Å². The Bertz CT molecular complexity index is 682. The maximum atomic E-state index is 10.7. The van der Waals surface area contributed by atoms with Gasteiger partial charge in [-0.05, 0) is 19.1 Å². The van der Waals surface area contributed by atoms with Crippen molar-refractivity contribution in [2.24, 2.45) is 7.05 Å². The molecular weight excluding hydrogens is 284 g/mol. The lowest BCUT2D eigenvalue weighted by Crippen LogP contribution is -2.48. The lowest BCUT2D eigenvalue weighted by molar-refractivity contribution is -0.384. The highest BCUT2D eigenvalue weighted by atomic mass is 16.6. The zero-order chi connectivity index (χ0) is 15.7. The van der Waals surface area contributed by atoms with Gasteiger partial charge in [0.05, 0.1) is 24.3 Å². The van der Waals surface area contributed by atoms with Gasteiger partial charge in [-0.15, -0.1) is 0 Å². The third-order valence-corrected chi connectivity index (χ3v) is 4.02. The van der Waals surface area contributed by atoms with Gasteiger partial charge in [0.15, 0.2) is 0 Å². The molecule has 1 atom stereocenters. The highest BCUT2D eigenvalue weighted by Crippen LogP contribution is 2.32. The molecule has 1 saturated heterocycles. The van der Waals surface area contributed by atoms with Gasteiger partial charge in [-0.25, -0.2) is 0 Å². The van der Waals surface area contributed by atoms with Crippen LogP contribution in [-0.2, 0) is 17.4 Å². The van der Waals surface area contributed by atoms with Gasteiger partial charge in [-0.1, -0.05) is 0 Å². The van der Waals surface area contributed by atoms with E-state index in [1.807, 2.05) is 26.4 Å². The zero-order valence-corrected chi connectivity index (χ0v) is 12.6. The Kier molecular flexibility index (Phi) is 3.58. The number of non-ortho nitro benzene ring substituents is 1. The molecule has 0 radical (unpaired) electrons. The van der Waals surface area contributed by atoms with Crippen molar-refractivity contribution in [1.82, 2.24) is 9.78 Å². The number of hydrogen-bond acceptors (Lipinski definition) is 5. The predicted molar refractivity (Wildman–Crippen MR) is 81.8 cm³/mol. The monoisotopic (exact) mass is 302 g/mol. The molecule has 0 saturated carbocycles. The quantitative estimate of drug-likeness (QED) is 0.641. The lowest BCUT2D eigenvalue weighted by atomic mass is 9.96. The van der Waals surface area contributed by atoms with E-state index >= 15 is 0 Å². The summed E-state index contributed by atoms with van der Waals surface area (Å²) in [5, 5.41) is 15.0. The largest absolute Gasteiger partial charge is 0.367 e. The Morgan fingerprint density at radius 3 is 2.68 bits per heavy atom. The molecule has 1 aromatic carbocycles. The molecule has 0 bridgehead atoms. The smallest absolute Gasteiger partial charge is 0.269 e. The molecule has 1 aliphatic rings. The van der Waals surface area contributed by atoms with Crippen molar-refractivity contribution in [2.45, 2.75) is 12.5 Å². The molecule has 1 aromatic heterocycles. The minimum Gasteiger partial charge on any atom is -0.367 e. The van der Waals surface area contributed by atoms with E-state index in [4.69, 9.17) is 4.74 Å². The number of aromatic nitrogens is 2. The summed E-state index contributed by atoms with van der Waals surface area (Å²) in [6.45, 7) is 4.08. The average molecular weight is 302 g/mol. The summed E-state index contributed by atoms with van der Waals surface area (Å²) in [5.74, 6) is 0. The van der Waals surface area contributed by atoms with Gasteiger partial charge in [-0.3, -0.25) is 14.8 Å². The number of ether oxygens (including phenoxy) is 1. The Labute approximate surface area is 128 Å². The van der Waals surface area contributed by atoms with Gasteiger partial charge in [0.25, 0.3) is 5.69 Å². The molecule has 0 aliphatic carbocycles. The highest BCUT2D eigenvalue weighted by molar-refractivity contribution is 5.51. The number of aryl methyl sites for hydroxylation is 1. The molecule has 1 fully saturated rings. The van der Waals surface area contributed by atoms with Crippen LogP contribution in [0.4, 0.5) is 11.4 Å². The second-order valence-corrected chi connectivity index (χ2v) is 5.68. The maximum Gasteiger partial charge on any atom is 0.269 e. The van der Waals surface area contributed by atoms with Crippen LogP contribution in [0.3, 0.4) is 0 Å². The van der Waals surface area contributed by atoms with Crippen LogP contribution < -0.4 is 4.90 Å². The minimum absolute atomic E-state index is 0.104. The third-order valence-electron chi connectivity index (χ3n) is 4.02. The standard InChI is InChI=1S/C15H18N4O3/c1-15(12-9-16-17(2)10-12)11-18(7-8-22-15)13-3-5-14(6-4-13)19(20)21/h3-6,9-10H,7-8,11H2,1-2H3. The first-order chi connectivity index (χ1) is 10.5. The summed E-state index contributed by atoms with van der Waals surface area (Å²) >= 11 is 0. The topological polar surface area (TPSA) is 73.4 Å². The van der Waals surface area contributed by atoms with Crippen molar-refractivity contribution in [3.63, 3.8) is 0 Å². The summed E-state index contributed by atoms with van der Waals surface area (Å²) in [6.07, 6.45) is 3.78. The van der Waals surface area contributed by atoms with E-state index in [1.54, 1.807) is 16.8 Å². The van der Waals surface area contributed by atoms with E-state index in [9.17, 15) is 10.1 Å². The van der Waals surface area contributed by atoms with Gasteiger partial charge >= 0.3 is 0 Å². The Balaban J connectivity index is 1.82. The number of rotatable bonds is 3. The maximum absolute atomic E-state index is 10.7. The summed E-state index contributed by atoms with van der Waals surface area (Å²) in [7, 11) is 1.88. The summed E-state index contributed by atoms with van der Waals surface area (Å²) < 4.78 is 7.73. The molecular formula is C15H18N4O3. The Hall–Kier alpha value is -2.41. The van der Waals surface area contributed by atoms with E-state index < -0.39 is 5.60 Å². The van der Waals surface area contributed by atoms with Crippen molar-refractivity contribution in [1.29, 1.82) is 0 Å². The molecule has 2 aromatic rings. The predicted octanol–water partition coefficient (Wildman–Crippen LogP) is 2.08. The van der Waals surface area contributed by atoms with Crippen LogP contribution in [0.5, 0.6) is 0 Å². The van der Waals surface area contributed by atoms with Crippen molar-refractivity contribution in [3.8, 4) is 0 Å². The Morgan fingerprint density at radius 1 is 1.36 bits per heavy atom. The molecule has 0 spiro atoms. The van der Waals surface area contributed by atoms with Gasteiger partial charge < -0.3 is 9.64 Å². The van der Waals surface area contributed by atoms with Crippen LogP contribution in [-0.4, -0.2) is 34.4 Å². The van der Waals surface area contributed by atoms with Crippen molar-refractivity contribution in [2.75, 3.05) is 24.6 Å². The van der Waals surface area contributed by atoms with E-state index in [-0.39, 0.29) is 10.6 Å². The fraction of sp³-hybridized carbons (Fsp3) is 0.400. The number of morpholine rings is 1. The summed E-state index contributed by atoms with van der Waals surface area (Å²) in [6, 6.07) is 6.64. The zero-order valence-electron chi connectivity index (χ0n) is 12.6. The Morgan fingerprint density at radius 2 is 2.09 bits per heavy atom. The van der Waals surface area contributed by atoms with E-state index in [1.165, 1.54) is 12.1 Å². The van der Waals surface area contributed by atoms with Crippen LogP contribution in [0, 0.1) is 10.1 Å². The van der Waals surface area contributed by atoms with Gasteiger partial charge in [0, 0.05) is 43.2 Å².